The molecule has 0 unspecified atom stereocenters. The molecule has 0 bridgehead atoms. The molecule has 2 rings (SSSR count). The molecule has 0 saturated heterocycles. The average Bonchev–Trinajstić information content (AvgIpc) is 2.38. The number of ether oxygens (including phenoxy) is 1. The summed E-state index contributed by atoms with van der Waals surface area (Å²) in [5, 5.41) is 0.521. The van der Waals surface area contributed by atoms with Crippen LogP contribution in [0.3, 0.4) is 0 Å². The number of aromatic nitrogens is 2. The van der Waals surface area contributed by atoms with Gasteiger partial charge in [-0.05, 0) is 44.0 Å². The van der Waals surface area contributed by atoms with E-state index in [2.05, 4.69) is 23.8 Å². The quantitative estimate of drug-likeness (QED) is 0.765. The van der Waals surface area contributed by atoms with Crippen molar-refractivity contribution < 1.29 is 4.74 Å². The second kappa shape index (κ2) is 6.23. The maximum atomic E-state index is 6.20. The third-order valence-corrected chi connectivity index (χ3v) is 3.21. The van der Waals surface area contributed by atoms with E-state index in [1.165, 1.54) is 6.33 Å². The van der Waals surface area contributed by atoms with Gasteiger partial charge < -0.3 is 4.74 Å². The highest BCUT2D eigenvalue weighted by atomic mass is 35.5. The highest BCUT2D eigenvalue weighted by Gasteiger charge is 2.15. The fourth-order valence-corrected chi connectivity index (χ4v) is 2.43. The van der Waals surface area contributed by atoms with Crippen LogP contribution in [0.1, 0.15) is 39.2 Å². The van der Waals surface area contributed by atoms with Gasteiger partial charge in [-0.2, -0.15) is 0 Å². The zero-order valence-electron chi connectivity index (χ0n) is 12.2. The van der Waals surface area contributed by atoms with E-state index in [-0.39, 0.29) is 12.0 Å². The van der Waals surface area contributed by atoms with Gasteiger partial charge in [0, 0.05) is 11.1 Å². The number of hydrogen-bond donors (Lipinski definition) is 0. The Bertz CT molecular complexity index is 580. The second-order valence-electron chi connectivity index (χ2n) is 5.27. The minimum absolute atomic E-state index is 0.167. The molecule has 0 atom stereocenters. The average molecular weight is 291 g/mol. The molecule has 1 aromatic heterocycles. The first kappa shape index (κ1) is 14.8. The van der Waals surface area contributed by atoms with Gasteiger partial charge in [0.15, 0.2) is 0 Å². The van der Waals surface area contributed by atoms with Crippen molar-refractivity contribution in [3.8, 4) is 17.0 Å². The van der Waals surface area contributed by atoms with Crippen LogP contribution in [0, 0.1) is 0 Å². The number of rotatable bonds is 4. The summed E-state index contributed by atoms with van der Waals surface area (Å²) in [7, 11) is 0. The summed E-state index contributed by atoms with van der Waals surface area (Å²) in [6.07, 6.45) is 1.67. The molecule has 4 heteroatoms. The van der Waals surface area contributed by atoms with Crippen LogP contribution in [-0.4, -0.2) is 16.1 Å². The van der Waals surface area contributed by atoms with Crippen LogP contribution in [0.2, 0.25) is 5.15 Å². The summed E-state index contributed by atoms with van der Waals surface area (Å²) in [5.41, 5.74) is 2.89. The molecule has 0 aliphatic rings. The predicted octanol–water partition coefficient (Wildman–Crippen LogP) is 4.71. The van der Waals surface area contributed by atoms with Crippen molar-refractivity contribution in [2.24, 2.45) is 0 Å². The number of halogens is 1. The standard InChI is InChI=1S/C16H19ClN2O/c1-10(2)14-15(18-9-19-16(14)17)12-5-7-13(8-6-12)20-11(3)4/h5-11H,1-4H3. The Morgan fingerprint density at radius 1 is 1.00 bits per heavy atom. The van der Waals surface area contributed by atoms with Crippen molar-refractivity contribution in [3.63, 3.8) is 0 Å². The zero-order valence-corrected chi connectivity index (χ0v) is 13.0. The molecule has 0 N–H and O–H groups in total. The van der Waals surface area contributed by atoms with Gasteiger partial charge in [0.2, 0.25) is 0 Å². The Morgan fingerprint density at radius 3 is 2.20 bits per heavy atom. The molecule has 20 heavy (non-hydrogen) atoms. The Labute approximate surface area is 125 Å². The highest BCUT2D eigenvalue weighted by Crippen LogP contribution is 2.32. The van der Waals surface area contributed by atoms with Crippen LogP contribution in [0.4, 0.5) is 0 Å². The van der Waals surface area contributed by atoms with Crippen LogP contribution in [0.5, 0.6) is 5.75 Å². The van der Waals surface area contributed by atoms with Crippen LogP contribution in [0.25, 0.3) is 11.3 Å². The third kappa shape index (κ3) is 3.28. The summed E-state index contributed by atoms with van der Waals surface area (Å²) in [6.45, 7) is 8.19. The van der Waals surface area contributed by atoms with E-state index in [1.807, 2.05) is 38.1 Å². The van der Waals surface area contributed by atoms with Gasteiger partial charge in [0.25, 0.3) is 0 Å². The Hall–Kier alpha value is -1.61. The van der Waals surface area contributed by atoms with Crippen LogP contribution in [-0.2, 0) is 0 Å². The molecule has 0 aliphatic carbocycles. The molecule has 0 fully saturated rings. The summed E-state index contributed by atoms with van der Waals surface area (Å²) in [5.74, 6) is 1.13. The number of nitrogens with zero attached hydrogens (tertiary/aromatic N) is 2. The molecule has 0 radical (unpaired) electrons. The summed E-state index contributed by atoms with van der Waals surface area (Å²) in [4.78, 5) is 8.46. The monoisotopic (exact) mass is 290 g/mol. The Morgan fingerprint density at radius 2 is 1.65 bits per heavy atom. The molecular weight excluding hydrogens is 272 g/mol. The van der Waals surface area contributed by atoms with E-state index < -0.39 is 0 Å². The molecule has 0 spiro atoms. The molecule has 3 nitrogen and oxygen atoms in total. The first-order valence-electron chi connectivity index (χ1n) is 6.76. The highest BCUT2D eigenvalue weighted by molar-refractivity contribution is 6.30. The minimum Gasteiger partial charge on any atom is -0.491 e. The van der Waals surface area contributed by atoms with Gasteiger partial charge in [-0.15, -0.1) is 0 Å². The van der Waals surface area contributed by atoms with Gasteiger partial charge in [-0.25, -0.2) is 9.97 Å². The van der Waals surface area contributed by atoms with Crippen molar-refractivity contribution in [2.45, 2.75) is 39.7 Å². The third-order valence-electron chi connectivity index (χ3n) is 2.91. The maximum absolute atomic E-state index is 6.20. The van der Waals surface area contributed by atoms with Crippen LogP contribution >= 0.6 is 11.6 Å². The molecular formula is C16H19ClN2O. The van der Waals surface area contributed by atoms with E-state index >= 15 is 0 Å². The lowest BCUT2D eigenvalue weighted by Gasteiger charge is -2.14. The van der Waals surface area contributed by atoms with Gasteiger partial charge in [0.05, 0.1) is 11.8 Å². The largest absolute Gasteiger partial charge is 0.491 e. The van der Waals surface area contributed by atoms with E-state index in [0.717, 1.165) is 22.6 Å². The zero-order chi connectivity index (χ0) is 14.7. The summed E-state index contributed by atoms with van der Waals surface area (Å²) >= 11 is 6.20. The molecule has 1 aromatic carbocycles. The Kier molecular flexibility index (Phi) is 4.61. The van der Waals surface area contributed by atoms with Gasteiger partial charge in [-0.3, -0.25) is 0 Å². The molecule has 0 aliphatic heterocycles. The topological polar surface area (TPSA) is 35.0 Å². The van der Waals surface area contributed by atoms with E-state index in [4.69, 9.17) is 16.3 Å². The van der Waals surface area contributed by atoms with Crippen molar-refractivity contribution >= 4 is 11.6 Å². The van der Waals surface area contributed by atoms with Crippen molar-refractivity contribution in [1.82, 2.24) is 9.97 Å². The molecule has 0 saturated carbocycles. The number of benzene rings is 1. The normalized spacial score (nSPS) is 11.2. The lowest BCUT2D eigenvalue weighted by Crippen LogP contribution is -2.05. The van der Waals surface area contributed by atoms with Gasteiger partial charge >= 0.3 is 0 Å². The van der Waals surface area contributed by atoms with Crippen molar-refractivity contribution in [2.75, 3.05) is 0 Å². The van der Waals surface area contributed by atoms with Crippen molar-refractivity contribution in [1.29, 1.82) is 0 Å². The summed E-state index contributed by atoms with van der Waals surface area (Å²) in [6, 6.07) is 7.91. The second-order valence-corrected chi connectivity index (χ2v) is 5.63. The molecule has 2 aromatic rings. The van der Waals surface area contributed by atoms with Gasteiger partial charge in [-0.1, -0.05) is 25.4 Å². The van der Waals surface area contributed by atoms with Crippen LogP contribution in [0.15, 0.2) is 30.6 Å². The SMILES string of the molecule is CC(C)Oc1ccc(-c2ncnc(Cl)c2C(C)C)cc1. The first-order chi connectivity index (χ1) is 9.49. The minimum atomic E-state index is 0.167. The first-order valence-corrected chi connectivity index (χ1v) is 7.14. The maximum Gasteiger partial charge on any atom is 0.136 e. The fourth-order valence-electron chi connectivity index (χ4n) is 2.08. The smallest absolute Gasteiger partial charge is 0.136 e. The molecule has 0 amide bonds. The van der Waals surface area contributed by atoms with E-state index in [0.29, 0.717) is 5.15 Å². The van der Waals surface area contributed by atoms with E-state index in [1.54, 1.807) is 0 Å². The lowest BCUT2D eigenvalue weighted by molar-refractivity contribution is 0.242. The summed E-state index contributed by atoms with van der Waals surface area (Å²) < 4.78 is 5.65. The molecule has 1 heterocycles. The van der Waals surface area contributed by atoms with Gasteiger partial charge in [0.1, 0.15) is 17.2 Å². The van der Waals surface area contributed by atoms with Crippen LogP contribution < -0.4 is 4.74 Å². The lowest BCUT2D eigenvalue weighted by atomic mass is 9.98. The van der Waals surface area contributed by atoms with Crippen molar-refractivity contribution in [3.05, 3.63) is 41.3 Å². The predicted molar refractivity (Wildman–Crippen MR) is 82.3 cm³/mol. The number of hydrogen-bond acceptors (Lipinski definition) is 3. The Balaban J connectivity index is 2.39. The fraction of sp³-hybridized carbons (Fsp3) is 0.375. The molecule has 106 valence electrons. The van der Waals surface area contributed by atoms with E-state index in [9.17, 15) is 0 Å².